The van der Waals surface area contributed by atoms with Crippen molar-refractivity contribution in [1.29, 1.82) is 0 Å². The molecule has 4 nitrogen and oxygen atoms in total. The predicted molar refractivity (Wildman–Crippen MR) is 79.2 cm³/mol. The van der Waals surface area contributed by atoms with E-state index in [1.807, 2.05) is 7.05 Å². The first kappa shape index (κ1) is 14.5. The molecule has 1 unspecified atom stereocenters. The third-order valence-corrected chi connectivity index (χ3v) is 4.28. The van der Waals surface area contributed by atoms with Crippen molar-refractivity contribution in [2.45, 2.75) is 58.2 Å². The van der Waals surface area contributed by atoms with Crippen molar-refractivity contribution in [3.63, 3.8) is 0 Å². The Labute approximate surface area is 117 Å². The van der Waals surface area contributed by atoms with Gasteiger partial charge in [-0.25, -0.2) is 0 Å². The monoisotopic (exact) mass is 264 g/mol. The van der Waals surface area contributed by atoms with Crippen molar-refractivity contribution in [2.75, 3.05) is 20.1 Å². The smallest absolute Gasteiger partial charge is 0.0765 e. The molecule has 0 radical (unpaired) electrons. The molecule has 1 aromatic heterocycles. The minimum Gasteiger partial charge on any atom is -0.318 e. The average molecular weight is 264 g/mol. The molecule has 0 amide bonds. The van der Waals surface area contributed by atoms with Crippen LogP contribution in [0.15, 0.2) is 12.3 Å². The second-order valence-corrected chi connectivity index (χ2v) is 5.58. The van der Waals surface area contributed by atoms with E-state index in [0.717, 1.165) is 25.9 Å². The maximum atomic E-state index is 4.76. The first-order valence-corrected chi connectivity index (χ1v) is 7.71. The van der Waals surface area contributed by atoms with Crippen LogP contribution in [-0.2, 0) is 6.54 Å². The molecule has 1 fully saturated rings. The molecule has 1 saturated heterocycles. The van der Waals surface area contributed by atoms with Gasteiger partial charge in [0.25, 0.3) is 0 Å². The summed E-state index contributed by atoms with van der Waals surface area (Å²) in [7, 11) is 2.04. The maximum absolute atomic E-state index is 4.76. The summed E-state index contributed by atoms with van der Waals surface area (Å²) in [6, 6.07) is 3.43. The van der Waals surface area contributed by atoms with Crippen LogP contribution in [0, 0.1) is 0 Å². The number of aromatic nitrogens is 2. The summed E-state index contributed by atoms with van der Waals surface area (Å²) in [4.78, 5) is 2.57. The van der Waals surface area contributed by atoms with Gasteiger partial charge in [-0.05, 0) is 45.3 Å². The zero-order valence-electron chi connectivity index (χ0n) is 12.6. The van der Waals surface area contributed by atoms with Crippen LogP contribution in [0.2, 0.25) is 0 Å². The predicted octanol–water partition coefficient (Wildman–Crippen LogP) is 2.43. The largest absolute Gasteiger partial charge is 0.318 e. The second-order valence-electron chi connectivity index (χ2n) is 5.58. The van der Waals surface area contributed by atoms with Gasteiger partial charge in [0.1, 0.15) is 0 Å². The fourth-order valence-corrected chi connectivity index (χ4v) is 3.11. The number of hydrogen-bond acceptors (Lipinski definition) is 3. The van der Waals surface area contributed by atoms with E-state index in [9.17, 15) is 0 Å². The fraction of sp³-hybridized carbons (Fsp3) is 0.800. The SMILES string of the molecule is CCC(CC)n1ccc(CN2CCCC2CNC)n1. The summed E-state index contributed by atoms with van der Waals surface area (Å²) in [5.74, 6) is 0. The Morgan fingerprint density at radius 3 is 2.89 bits per heavy atom. The Morgan fingerprint density at radius 1 is 1.42 bits per heavy atom. The lowest BCUT2D eigenvalue weighted by atomic mass is 10.2. The van der Waals surface area contributed by atoms with E-state index in [-0.39, 0.29) is 0 Å². The number of nitrogens with zero attached hydrogens (tertiary/aromatic N) is 3. The topological polar surface area (TPSA) is 33.1 Å². The van der Waals surface area contributed by atoms with Crippen LogP contribution in [0.1, 0.15) is 51.3 Å². The van der Waals surface area contributed by atoms with E-state index in [1.165, 1.54) is 25.1 Å². The van der Waals surface area contributed by atoms with E-state index in [2.05, 4.69) is 41.0 Å². The lowest BCUT2D eigenvalue weighted by Crippen LogP contribution is -2.36. The van der Waals surface area contributed by atoms with Gasteiger partial charge in [-0.2, -0.15) is 5.10 Å². The number of hydrogen-bond donors (Lipinski definition) is 1. The second kappa shape index (κ2) is 7.06. The lowest BCUT2D eigenvalue weighted by Gasteiger charge is -2.23. The molecule has 0 aromatic carbocycles. The van der Waals surface area contributed by atoms with Gasteiger partial charge in [0.05, 0.1) is 11.7 Å². The molecule has 1 atom stereocenters. The first-order chi connectivity index (χ1) is 9.28. The van der Waals surface area contributed by atoms with Crippen LogP contribution in [0.4, 0.5) is 0 Å². The highest BCUT2D eigenvalue weighted by atomic mass is 15.3. The number of nitrogens with one attached hydrogen (secondary N) is 1. The molecule has 0 spiro atoms. The Hall–Kier alpha value is -0.870. The van der Waals surface area contributed by atoms with Gasteiger partial charge in [0, 0.05) is 25.3 Å². The van der Waals surface area contributed by atoms with Crippen LogP contribution in [0.25, 0.3) is 0 Å². The van der Waals surface area contributed by atoms with E-state index < -0.39 is 0 Å². The van der Waals surface area contributed by atoms with Crippen molar-refractivity contribution in [3.05, 3.63) is 18.0 Å². The van der Waals surface area contributed by atoms with Crippen molar-refractivity contribution in [1.82, 2.24) is 20.0 Å². The van der Waals surface area contributed by atoms with Gasteiger partial charge in [-0.1, -0.05) is 13.8 Å². The molecule has 0 aliphatic carbocycles. The normalized spacial score (nSPS) is 20.5. The molecule has 1 aliphatic rings. The minimum absolute atomic E-state index is 0.556. The van der Waals surface area contributed by atoms with Gasteiger partial charge in [0.15, 0.2) is 0 Å². The van der Waals surface area contributed by atoms with Gasteiger partial charge in [-0.3, -0.25) is 9.58 Å². The van der Waals surface area contributed by atoms with Crippen LogP contribution in [-0.4, -0.2) is 40.9 Å². The lowest BCUT2D eigenvalue weighted by molar-refractivity contribution is 0.238. The van der Waals surface area contributed by atoms with Crippen molar-refractivity contribution < 1.29 is 0 Å². The van der Waals surface area contributed by atoms with Crippen LogP contribution >= 0.6 is 0 Å². The summed E-state index contributed by atoms with van der Waals surface area (Å²) in [5.41, 5.74) is 1.22. The molecule has 2 rings (SSSR count). The molecule has 4 heteroatoms. The van der Waals surface area contributed by atoms with Gasteiger partial charge in [-0.15, -0.1) is 0 Å². The quantitative estimate of drug-likeness (QED) is 0.821. The third-order valence-electron chi connectivity index (χ3n) is 4.28. The highest BCUT2D eigenvalue weighted by Gasteiger charge is 2.24. The zero-order chi connectivity index (χ0) is 13.7. The average Bonchev–Trinajstić information content (AvgIpc) is 3.03. The first-order valence-electron chi connectivity index (χ1n) is 7.71. The molecule has 108 valence electrons. The van der Waals surface area contributed by atoms with Crippen LogP contribution in [0.3, 0.4) is 0 Å². The van der Waals surface area contributed by atoms with E-state index in [4.69, 9.17) is 5.10 Å². The van der Waals surface area contributed by atoms with Crippen LogP contribution < -0.4 is 5.32 Å². The van der Waals surface area contributed by atoms with Gasteiger partial charge in [0.2, 0.25) is 0 Å². The molecule has 2 heterocycles. The number of rotatable bonds is 7. The Balaban J connectivity index is 1.95. The molecule has 19 heavy (non-hydrogen) atoms. The molecule has 0 bridgehead atoms. The summed E-state index contributed by atoms with van der Waals surface area (Å²) in [6.07, 6.45) is 7.09. The fourth-order valence-electron chi connectivity index (χ4n) is 3.11. The van der Waals surface area contributed by atoms with Crippen molar-refractivity contribution in [3.8, 4) is 0 Å². The Bertz CT molecular complexity index is 370. The summed E-state index contributed by atoms with van der Waals surface area (Å²) >= 11 is 0. The molecule has 0 saturated carbocycles. The van der Waals surface area contributed by atoms with Crippen molar-refractivity contribution >= 4 is 0 Å². The van der Waals surface area contributed by atoms with E-state index in [1.54, 1.807) is 0 Å². The highest BCUT2D eigenvalue weighted by Crippen LogP contribution is 2.20. The van der Waals surface area contributed by atoms with E-state index in [0.29, 0.717) is 12.1 Å². The summed E-state index contributed by atoms with van der Waals surface area (Å²) < 4.78 is 2.15. The highest BCUT2D eigenvalue weighted by molar-refractivity contribution is 5.01. The third kappa shape index (κ3) is 3.57. The molecule has 1 aliphatic heterocycles. The number of likely N-dealkylation sites (tertiary alicyclic amines) is 1. The zero-order valence-corrected chi connectivity index (χ0v) is 12.6. The molecular weight excluding hydrogens is 236 g/mol. The Kier molecular flexibility index (Phi) is 5.40. The molecule has 1 N–H and O–H groups in total. The number of likely N-dealkylation sites (N-methyl/N-ethyl adjacent to an activating group) is 1. The van der Waals surface area contributed by atoms with Crippen LogP contribution in [0.5, 0.6) is 0 Å². The standard InChI is InChI=1S/C15H28N4/c1-4-14(5-2)19-10-8-13(17-19)12-18-9-6-7-15(18)11-16-3/h8,10,14-16H,4-7,9,11-12H2,1-3H3. The summed E-state index contributed by atoms with van der Waals surface area (Å²) in [6.45, 7) is 7.77. The molecular formula is C15H28N4. The Morgan fingerprint density at radius 2 is 2.21 bits per heavy atom. The maximum Gasteiger partial charge on any atom is 0.0765 e. The van der Waals surface area contributed by atoms with Crippen molar-refractivity contribution in [2.24, 2.45) is 0 Å². The van der Waals surface area contributed by atoms with E-state index >= 15 is 0 Å². The molecule has 1 aromatic rings. The minimum atomic E-state index is 0.556. The summed E-state index contributed by atoms with van der Waals surface area (Å²) in [5, 5.41) is 8.06. The van der Waals surface area contributed by atoms with Gasteiger partial charge >= 0.3 is 0 Å². The van der Waals surface area contributed by atoms with Gasteiger partial charge < -0.3 is 5.32 Å².